The average Bonchev–Trinajstić information content (AvgIpc) is 3.44. The minimum Gasteiger partial charge on any atom is -0.346 e. The van der Waals surface area contributed by atoms with E-state index < -0.39 is 10.0 Å². The van der Waals surface area contributed by atoms with Gasteiger partial charge in [0, 0.05) is 47.2 Å². The molecule has 0 saturated carbocycles. The van der Waals surface area contributed by atoms with E-state index >= 15 is 0 Å². The summed E-state index contributed by atoms with van der Waals surface area (Å²) in [5, 5.41) is 5.54. The summed E-state index contributed by atoms with van der Waals surface area (Å²) in [6.07, 6.45) is 8.85. The molecule has 8 heteroatoms. The zero-order chi connectivity index (χ0) is 22.8. The van der Waals surface area contributed by atoms with Crippen molar-refractivity contribution in [3.8, 4) is 22.3 Å². The lowest BCUT2D eigenvalue weighted by Gasteiger charge is -2.07. The Labute approximate surface area is 192 Å². The number of pyridine rings is 1. The Bertz CT molecular complexity index is 1520. The highest BCUT2D eigenvalue weighted by molar-refractivity contribution is 7.88. The molecule has 0 radical (unpaired) electrons. The molecule has 2 N–H and O–H groups in total. The van der Waals surface area contributed by atoms with Crippen LogP contribution in [0.4, 0.5) is 0 Å². The van der Waals surface area contributed by atoms with Gasteiger partial charge in [0.05, 0.1) is 19.0 Å². The van der Waals surface area contributed by atoms with Crippen LogP contribution in [0.15, 0.2) is 85.5 Å². The van der Waals surface area contributed by atoms with Crippen molar-refractivity contribution in [3.63, 3.8) is 0 Å². The molecule has 5 rings (SSSR count). The van der Waals surface area contributed by atoms with Crippen LogP contribution in [0.1, 0.15) is 11.1 Å². The van der Waals surface area contributed by atoms with E-state index in [1.807, 2.05) is 71.9 Å². The summed E-state index contributed by atoms with van der Waals surface area (Å²) in [4.78, 5) is 7.85. The zero-order valence-corrected chi connectivity index (χ0v) is 18.9. The van der Waals surface area contributed by atoms with Crippen LogP contribution in [0, 0.1) is 0 Å². The number of hydrogen-bond acceptors (Lipinski definition) is 4. The highest BCUT2D eigenvalue weighted by Gasteiger charge is 2.12. The van der Waals surface area contributed by atoms with Crippen LogP contribution in [0.5, 0.6) is 0 Å². The third-order valence-corrected chi connectivity index (χ3v) is 6.13. The van der Waals surface area contributed by atoms with E-state index in [0.29, 0.717) is 6.54 Å². The molecule has 0 fully saturated rings. The fraction of sp³-hybridized carbons (Fsp3) is 0.120. The quantitative estimate of drug-likeness (QED) is 0.383. The van der Waals surface area contributed by atoms with Crippen LogP contribution in [0.3, 0.4) is 0 Å². The van der Waals surface area contributed by atoms with Crippen LogP contribution < -0.4 is 4.72 Å². The molecule has 2 aromatic carbocycles. The van der Waals surface area contributed by atoms with Crippen LogP contribution >= 0.6 is 0 Å². The lowest BCUT2D eigenvalue weighted by molar-refractivity contribution is 0.587. The predicted molar refractivity (Wildman–Crippen MR) is 130 cm³/mol. The Hall–Kier alpha value is -3.75. The number of nitrogens with one attached hydrogen (secondary N) is 2. The summed E-state index contributed by atoms with van der Waals surface area (Å²) in [5.41, 5.74) is 6.87. The van der Waals surface area contributed by atoms with Gasteiger partial charge in [0.1, 0.15) is 5.65 Å². The SMILES string of the molecule is CS(=O)(=O)NCc1cccc(-c2cnc3[nH]cc(-c4cnn(Cc5ccccc5)c4)c3c2)c1. The van der Waals surface area contributed by atoms with Gasteiger partial charge in [-0.05, 0) is 28.8 Å². The van der Waals surface area contributed by atoms with Gasteiger partial charge in [0.15, 0.2) is 0 Å². The zero-order valence-electron chi connectivity index (χ0n) is 18.1. The second kappa shape index (κ2) is 8.65. The van der Waals surface area contributed by atoms with Gasteiger partial charge in [-0.15, -0.1) is 0 Å². The Kier molecular flexibility index (Phi) is 5.53. The first-order valence-corrected chi connectivity index (χ1v) is 12.4. The Morgan fingerprint density at radius 2 is 1.76 bits per heavy atom. The molecule has 0 bridgehead atoms. The van der Waals surface area contributed by atoms with Crippen LogP contribution in [0.2, 0.25) is 0 Å². The molecule has 0 amide bonds. The average molecular weight is 458 g/mol. The van der Waals surface area contributed by atoms with Crippen molar-refractivity contribution >= 4 is 21.1 Å². The molecule has 3 aromatic heterocycles. The van der Waals surface area contributed by atoms with Gasteiger partial charge in [-0.25, -0.2) is 18.1 Å². The van der Waals surface area contributed by atoms with Crippen molar-refractivity contribution in [1.82, 2.24) is 24.5 Å². The molecule has 3 heterocycles. The third-order valence-electron chi connectivity index (χ3n) is 5.46. The summed E-state index contributed by atoms with van der Waals surface area (Å²) in [5.74, 6) is 0. The highest BCUT2D eigenvalue weighted by atomic mass is 32.2. The number of sulfonamides is 1. The number of rotatable bonds is 7. The number of nitrogens with zero attached hydrogens (tertiary/aromatic N) is 3. The van der Waals surface area contributed by atoms with E-state index in [9.17, 15) is 8.42 Å². The number of benzene rings is 2. The predicted octanol–water partition coefficient (Wildman–Crippen LogP) is 4.19. The minimum atomic E-state index is -3.25. The Morgan fingerprint density at radius 1 is 0.939 bits per heavy atom. The fourth-order valence-corrected chi connectivity index (χ4v) is 4.26. The molecule has 5 aromatic rings. The van der Waals surface area contributed by atoms with E-state index in [1.54, 1.807) is 0 Å². The van der Waals surface area contributed by atoms with Gasteiger partial charge in [0.25, 0.3) is 0 Å². The minimum absolute atomic E-state index is 0.248. The third kappa shape index (κ3) is 4.87. The van der Waals surface area contributed by atoms with E-state index in [-0.39, 0.29) is 6.54 Å². The maximum Gasteiger partial charge on any atom is 0.209 e. The maximum atomic E-state index is 11.4. The van der Waals surface area contributed by atoms with Crippen LogP contribution in [0.25, 0.3) is 33.3 Å². The number of aromatic nitrogens is 4. The monoisotopic (exact) mass is 457 g/mol. The summed E-state index contributed by atoms with van der Waals surface area (Å²) >= 11 is 0. The topological polar surface area (TPSA) is 92.7 Å². The van der Waals surface area contributed by atoms with Gasteiger partial charge in [-0.3, -0.25) is 4.68 Å². The second-order valence-corrected chi connectivity index (χ2v) is 9.86. The smallest absolute Gasteiger partial charge is 0.209 e. The van der Waals surface area contributed by atoms with E-state index in [1.165, 1.54) is 5.56 Å². The molecular weight excluding hydrogens is 434 g/mol. The summed E-state index contributed by atoms with van der Waals surface area (Å²) in [6, 6.07) is 20.1. The van der Waals surface area contributed by atoms with E-state index in [0.717, 1.165) is 45.1 Å². The first-order valence-electron chi connectivity index (χ1n) is 10.5. The second-order valence-electron chi connectivity index (χ2n) is 8.03. The number of H-pyrrole nitrogens is 1. The van der Waals surface area contributed by atoms with Gasteiger partial charge in [-0.2, -0.15) is 5.10 Å². The summed E-state index contributed by atoms with van der Waals surface area (Å²) in [7, 11) is -3.25. The molecular formula is C25H23N5O2S. The van der Waals surface area contributed by atoms with Gasteiger partial charge < -0.3 is 4.98 Å². The molecule has 166 valence electrons. The first-order chi connectivity index (χ1) is 15.9. The van der Waals surface area contributed by atoms with Crippen molar-refractivity contribution in [1.29, 1.82) is 0 Å². The van der Waals surface area contributed by atoms with Crippen molar-refractivity contribution in [2.75, 3.05) is 6.26 Å². The van der Waals surface area contributed by atoms with Crippen molar-refractivity contribution in [2.24, 2.45) is 0 Å². The molecule has 0 saturated heterocycles. The molecule has 0 aliphatic carbocycles. The van der Waals surface area contributed by atoms with Gasteiger partial charge >= 0.3 is 0 Å². The normalized spacial score (nSPS) is 11.8. The lowest BCUT2D eigenvalue weighted by atomic mass is 10.0. The Morgan fingerprint density at radius 3 is 2.58 bits per heavy atom. The van der Waals surface area contributed by atoms with Crippen molar-refractivity contribution in [3.05, 3.63) is 96.6 Å². The number of aromatic amines is 1. The van der Waals surface area contributed by atoms with Crippen LogP contribution in [-0.4, -0.2) is 34.4 Å². The molecule has 0 spiro atoms. The Balaban J connectivity index is 1.44. The highest BCUT2D eigenvalue weighted by Crippen LogP contribution is 2.31. The van der Waals surface area contributed by atoms with Crippen LogP contribution in [-0.2, 0) is 23.1 Å². The number of fused-ring (bicyclic) bond motifs is 1. The van der Waals surface area contributed by atoms with Gasteiger partial charge in [0.2, 0.25) is 10.0 Å². The lowest BCUT2D eigenvalue weighted by Crippen LogP contribution is -2.21. The van der Waals surface area contributed by atoms with Crippen molar-refractivity contribution < 1.29 is 8.42 Å². The van der Waals surface area contributed by atoms with Gasteiger partial charge in [-0.1, -0.05) is 48.5 Å². The molecule has 0 aliphatic heterocycles. The molecule has 7 nitrogen and oxygen atoms in total. The largest absolute Gasteiger partial charge is 0.346 e. The fourth-order valence-electron chi connectivity index (χ4n) is 3.83. The standard InChI is InChI=1S/C25H23N5O2S/c1-33(31,32)29-12-19-8-5-9-20(10-19)21-11-23-24(15-27-25(23)26-13-21)22-14-28-30(17-22)16-18-6-3-2-4-7-18/h2-11,13-15,17,29H,12,16H2,1H3,(H,26,27). The summed E-state index contributed by atoms with van der Waals surface area (Å²) < 4.78 is 27.3. The molecule has 0 unspecified atom stereocenters. The van der Waals surface area contributed by atoms with E-state index in [2.05, 4.69) is 38.0 Å². The van der Waals surface area contributed by atoms with E-state index in [4.69, 9.17) is 0 Å². The number of hydrogen-bond donors (Lipinski definition) is 2. The summed E-state index contributed by atoms with van der Waals surface area (Å²) in [6.45, 7) is 0.958. The first kappa shape index (κ1) is 21.1. The maximum absolute atomic E-state index is 11.4. The molecule has 0 atom stereocenters. The van der Waals surface area contributed by atoms with Crippen molar-refractivity contribution in [2.45, 2.75) is 13.1 Å². The molecule has 0 aliphatic rings. The molecule has 33 heavy (non-hydrogen) atoms.